The Balaban J connectivity index is 2.06. The van der Waals surface area contributed by atoms with Crippen LogP contribution in [-0.2, 0) is 10.0 Å². The molecule has 1 saturated carbocycles. The fraction of sp³-hybridized carbons (Fsp3) is 0.588. The van der Waals surface area contributed by atoms with Crippen LogP contribution in [0, 0.1) is 5.92 Å². The van der Waals surface area contributed by atoms with Crippen molar-refractivity contribution >= 4 is 15.7 Å². The molecule has 0 radical (unpaired) electrons. The Hall–Kier alpha value is -1.36. The summed E-state index contributed by atoms with van der Waals surface area (Å²) >= 11 is 0. The second-order valence-electron chi connectivity index (χ2n) is 6.41. The molecule has 0 unspecified atom stereocenters. The van der Waals surface area contributed by atoms with Gasteiger partial charge < -0.3 is 0 Å². The summed E-state index contributed by atoms with van der Waals surface area (Å²) in [5.74, 6) is 0.802. The molecule has 0 atom stereocenters. The molecule has 1 aromatic carbocycles. The Bertz CT molecular complexity index is 613. The minimum Gasteiger partial charge on any atom is -0.200 e. The third-order valence-electron chi connectivity index (χ3n) is 4.40. The third-order valence-corrected chi connectivity index (χ3v) is 5.62. The SMILES string of the molecule is C/C(=N/NS(=O)(=O)c1ccc(C(C)C)cc1)C1CCCCC1. The van der Waals surface area contributed by atoms with Crippen molar-refractivity contribution < 1.29 is 8.42 Å². The van der Waals surface area contributed by atoms with Crippen molar-refractivity contribution in [3.8, 4) is 0 Å². The minimum absolute atomic E-state index is 0.261. The Morgan fingerprint density at radius 1 is 1.14 bits per heavy atom. The summed E-state index contributed by atoms with van der Waals surface area (Å²) in [4.78, 5) is 2.64. The molecule has 5 heteroatoms. The van der Waals surface area contributed by atoms with Gasteiger partial charge in [-0.3, -0.25) is 0 Å². The standard InChI is InChI=1S/C17H26N2O2S/c1-13(2)15-9-11-17(12-10-15)22(20,21)19-18-14(3)16-7-5-4-6-8-16/h9-13,16,19H,4-8H2,1-3H3/b18-14-. The predicted octanol–water partition coefficient (Wildman–Crippen LogP) is 4.04. The molecule has 0 bridgehead atoms. The highest BCUT2D eigenvalue weighted by Gasteiger charge is 2.18. The number of hydrazone groups is 1. The smallest absolute Gasteiger partial charge is 0.200 e. The van der Waals surface area contributed by atoms with Crippen LogP contribution in [0.25, 0.3) is 0 Å². The molecule has 0 spiro atoms. The molecule has 0 aromatic heterocycles. The summed E-state index contributed by atoms with van der Waals surface area (Å²) in [7, 11) is -3.57. The van der Waals surface area contributed by atoms with Gasteiger partial charge in [0.15, 0.2) is 0 Å². The summed E-state index contributed by atoms with van der Waals surface area (Å²) in [5, 5.41) is 4.13. The summed E-state index contributed by atoms with van der Waals surface area (Å²) in [6.07, 6.45) is 5.92. The monoisotopic (exact) mass is 322 g/mol. The first kappa shape index (κ1) is 17.0. The fourth-order valence-electron chi connectivity index (χ4n) is 2.83. The van der Waals surface area contributed by atoms with E-state index in [-0.39, 0.29) is 4.90 Å². The van der Waals surface area contributed by atoms with E-state index in [1.54, 1.807) is 12.1 Å². The van der Waals surface area contributed by atoms with Crippen LogP contribution in [0.4, 0.5) is 0 Å². The second-order valence-corrected chi connectivity index (χ2v) is 8.07. The number of benzene rings is 1. The van der Waals surface area contributed by atoms with Crippen LogP contribution in [0.5, 0.6) is 0 Å². The Kier molecular flexibility index (Phi) is 5.62. The summed E-state index contributed by atoms with van der Waals surface area (Å²) < 4.78 is 24.6. The van der Waals surface area contributed by atoms with Crippen molar-refractivity contribution in [1.29, 1.82) is 0 Å². The summed E-state index contributed by atoms with van der Waals surface area (Å²) in [6.45, 7) is 6.08. The molecular weight excluding hydrogens is 296 g/mol. The molecule has 0 amide bonds. The van der Waals surface area contributed by atoms with E-state index in [9.17, 15) is 8.42 Å². The average Bonchev–Trinajstić information content (AvgIpc) is 2.53. The van der Waals surface area contributed by atoms with E-state index < -0.39 is 10.0 Å². The van der Waals surface area contributed by atoms with Gasteiger partial charge in [-0.15, -0.1) is 0 Å². The van der Waals surface area contributed by atoms with E-state index in [2.05, 4.69) is 23.8 Å². The van der Waals surface area contributed by atoms with Crippen LogP contribution in [0.1, 0.15) is 64.4 Å². The molecule has 1 fully saturated rings. The van der Waals surface area contributed by atoms with Gasteiger partial charge in [-0.1, -0.05) is 45.2 Å². The lowest BCUT2D eigenvalue weighted by Gasteiger charge is -2.21. The summed E-state index contributed by atoms with van der Waals surface area (Å²) in [6, 6.07) is 7.00. The molecule has 1 aliphatic rings. The lowest BCUT2D eigenvalue weighted by molar-refractivity contribution is 0.437. The van der Waals surface area contributed by atoms with Crippen molar-refractivity contribution in [2.45, 2.75) is 63.7 Å². The molecular formula is C17H26N2O2S. The number of nitrogens with one attached hydrogen (secondary N) is 1. The van der Waals surface area contributed by atoms with E-state index in [1.165, 1.54) is 19.3 Å². The molecule has 1 aromatic rings. The highest BCUT2D eigenvalue weighted by molar-refractivity contribution is 7.89. The second kappa shape index (κ2) is 7.27. The predicted molar refractivity (Wildman–Crippen MR) is 90.5 cm³/mol. The van der Waals surface area contributed by atoms with Crippen molar-refractivity contribution in [2.24, 2.45) is 11.0 Å². The van der Waals surface area contributed by atoms with Crippen molar-refractivity contribution in [2.75, 3.05) is 0 Å². The molecule has 2 rings (SSSR count). The topological polar surface area (TPSA) is 58.5 Å². The van der Waals surface area contributed by atoms with Crippen LogP contribution in [0.15, 0.2) is 34.3 Å². The fourth-order valence-corrected chi connectivity index (χ4v) is 3.69. The van der Waals surface area contributed by atoms with Crippen molar-refractivity contribution in [3.63, 3.8) is 0 Å². The Morgan fingerprint density at radius 2 is 1.73 bits per heavy atom. The zero-order valence-corrected chi connectivity index (χ0v) is 14.5. The highest BCUT2D eigenvalue weighted by Crippen LogP contribution is 2.24. The van der Waals surface area contributed by atoms with Crippen molar-refractivity contribution in [1.82, 2.24) is 4.83 Å². The third kappa shape index (κ3) is 4.32. The zero-order valence-electron chi connectivity index (χ0n) is 13.7. The Morgan fingerprint density at radius 3 is 2.27 bits per heavy atom. The molecule has 1 N–H and O–H groups in total. The lowest BCUT2D eigenvalue weighted by Crippen LogP contribution is -2.23. The van der Waals surface area contributed by atoms with Gasteiger partial charge in [0.05, 0.1) is 4.90 Å². The molecule has 122 valence electrons. The van der Waals surface area contributed by atoms with Crippen LogP contribution in [0.2, 0.25) is 0 Å². The van der Waals surface area contributed by atoms with Gasteiger partial charge in [0.25, 0.3) is 10.0 Å². The normalized spacial score (nSPS) is 17.7. The first-order valence-electron chi connectivity index (χ1n) is 8.06. The van der Waals surface area contributed by atoms with Crippen LogP contribution < -0.4 is 4.83 Å². The maximum atomic E-state index is 12.3. The largest absolute Gasteiger partial charge is 0.276 e. The first-order chi connectivity index (χ1) is 10.4. The average molecular weight is 322 g/mol. The van der Waals surface area contributed by atoms with Gasteiger partial charge in [-0.2, -0.15) is 13.5 Å². The van der Waals surface area contributed by atoms with E-state index in [0.717, 1.165) is 24.1 Å². The van der Waals surface area contributed by atoms with Gasteiger partial charge in [-0.25, -0.2) is 4.83 Å². The van der Waals surface area contributed by atoms with Gasteiger partial charge >= 0.3 is 0 Å². The van der Waals surface area contributed by atoms with Gasteiger partial charge in [0, 0.05) is 5.71 Å². The molecule has 0 saturated heterocycles. The highest BCUT2D eigenvalue weighted by atomic mass is 32.2. The molecule has 1 aliphatic carbocycles. The molecule has 0 aliphatic heterocycles. The van der Waals surface area contributed by atoms with Crippen LogP contribution in [0.3, 0.4) is 0 Å². The molecule has 22 heavy (non-hydrogen) atoms. The number of hydrogen-bond donors (Lipinski definition) is 1. The lowest BCUT2D eigenvalue weighted by atomic mass is 9.86. The van der Waals surface area contributed by atoms with E-state index in [0.29, 0.717) is 11.8 Å². The molecule has 0 heterocycles. The number of nitrogens with zero attached hydrogens (tertiary/aromatic N) is 1. The van der Waals surface area contributed by atoms with Crippen LogP contribution >= 0.6 is 0 Å². The summed E-state index contributed by atoms with van der Waals surface area (Å²) in [5.41, 5.74) is 2.02. The Labute approximate surface area is 134 Å². The number of sulfonamides is 1. The van der Waals surface area contributed by atoms with E-state index in [4.69, 9.17) is 0 Å². The van der Waals surface area contributed by atoms with Crippen LogP contribution in [-0.4, -0.2) is 14.1 Å². The van der Waals surface area contributed by atoms with E-state index in [1.807, 2.05) is 19.1 Å². The van der Waals surface area contributed by atoms with Crippen molar-refractivity contribution in [3.05, 3.63) is 29.8 Å². The van der Waals surface area contributed by atoms with Gasteiger partial charge in [-0.05, 0) is 49.3 Å². The first-order valence-corrected chi connectivity index (χ1v) is 9.54. The quantitative estimate of drug-likeness (QED) is 0.657. The number of hydrogen-bond acceptors (Lipinski definition) is 3. The maximum Gasteiger partial charge on any atom is 0.276 e. The van der Waals surface area contributed by atoms with E-state index >= 15 is 0 Å². The minimum atomic E-state index is -3.57. The van der Waals surface area contributed by atoms with Gasteiger partial charge in [0.1, 0.15) is 0 Å². The maximum absolute atomic E-state index is 12.3. The number of rotatable bonds is 5. The zero-order chi connectivity index (χ0) is 16.2. The van der Waals surface area contributed by atoms with Gasteiger partial charge in [0.2, 0.25) is 0 Å². The molecule has 4 nitrogen and oxygen atoms in total.